The standard InChI is InChI=1S/C28H30N6O2S/c1-33-12-14-34(15-13-33)23-7-3-6-22(17-23)31-28-29-11-10-24(32-28)25-8-9-26(37-25)27(36)30-18-20-4-2-5-21(16-20)19-35/h2-11,16-17,35H,12-15,18-19H2,1H3,(H,30,36)(H,29,31,32). The number of aliphatic hydroxyl groups excluding tert-OH is 1. The van der Waals surface area contributed by atoms with Crippen molar-refractivity contribution < 1.29 is 9.90 Å². The summed E-state index contributed by atoms with van der Waals surface area (Å²) in [4.78, 5) is 28.0. The molecule has 37 heavy (non-hydrogen) atoms. The number of benzene rings is 2. The molecule has 1 saturated heterocycles. The van der Waals surface area contributed by atoms with Gasteiger partial charge in [-0.25, -0.2) is 9.97 Å². The monoisotopic (exact) mass is 514 g/mol. The Morgan fingerprint density at radius 3 is 2.65 bits per heavy atom. The van der Waals surface area contributed by atoms with Crippen molar-refractivity contribution in [1.82, 2.24) is 20.2 Å². The number of rotatable bonds is 8. The second-order valence-corrected chi connectivity index (χ2v) is 10.1. The molecule has 5 rings (SSSR count). The third kappa shape index (κ3) is 6.32. The average molecular weight is 515 g/mol. The summed E-state index contributed by atoms with van der Waals surface area (Å²) in [6.45, 7) is 4.51. The summed E-state index contributed by atoms with van der Waals surface area (Å²) in [7, 11) is 2.15. The second-order valence-electron chi connectivity index (χ2n) is 9.06. The number of likely N-dealkylation sites (N-methyl/N-ethyl adjacent to an activating group) is 1. The van der Waals surface area contributed by atoms with Gasteiger partial charge in [-0.2, -0.15) is 0 Å². The molecule has 0 spiro atoms. The Morgan fingerprint density at radius 2 is 1.81 bits per heavy atom. The molecule has 0 bridgehead atoms. The molecule has 0 aliphatic carbocycles. The van der Waals surface area contributed by atoms with Gasteiger partial charge >= 0.3 is 0 Å². The molecule has 2 aromatic carbocycles. The molecule has 190 valence electrons. The average Bonchev–Trinajstić information content (AvgIpc) is 3.43. The van der Waals surface area contributed by atoms with Crippen LogP contribution in [0.5, 0.6) is 0 Å². The molecular weight excluding hydrogens is 484 g/mol. The number of hydrogen-bond donors (Lipinski definition) is 3. The van der Waals surface area contributed by atoms with Crippen molar-refractivity contribution >= 4 is 34.6 Å². The molecule has 0 saturated carbocycles. The smallest absolute Gasteiger partial charge is 0.261 e. The van der Waals surface area contributed by atoms with Crippen LogP contribution in [0.4, 0.5) is 17.3 Å². The maximum absolute atomic E-state index is 12.7. The fourth-order valence-corrected chi connectivity index (χ4v) is 5.13. The molecule has 1 aliphatic rings. The summed E-state index contributed by atoms with van der Waals surface area (Å²) in [6.07, 6.45) is 1.72. The van der Waals surface area contributed by atoms with Crippen LogP contribution in [0.15, 0.2) is 72.9 Å². The van der Waals surface area contributed by atoms with Crippen LogP contribution in [0, 0.1) is 0 Å². The number of anilines is 3. The van der Waals surface area contributed by atoms with Crippen molar-refractivity contribution in [3.8, 4) is 10.6 Å². The topological polar surface area (TPSA) is 93.6 Å². The van der Waals surface area contributed by atoms with Crippen molar-refractivity contribution in [2.75, 3.05) is 43.4 Å². The highest BCUT2D eigenvalue weighted by Gasteiger charge is 2.15. The van der Waals surface area contributed by atoms with E-state index in [-0.39, 0.29) is 12.5 Å². The zero-order valence-corrected chi connectivity index (χ0v) is 21.5. The Bertz CT molecular complexity index is 1370. The first kappa shape index (κ1) is 24.9. The van der Waals surface area contributed by atoms with Gasteiger partial charge in [0.25, 0.3) is 5.91 Å². The lowest BCUT2D eigenvalue weighted by molar-refractivity contribution is 0.0955. The summed E-state index contributed by atoms with van der Waals surface area (Å²) in [5.41, 5.74) is 4.65. The Morgan fingerprint density at radius 1 is 1.00 bits per heavy atom. The molecule has 4 aromatic rings. The first-order chi connectivity index (χ1) is 18.1. The Balaban J connectivity index is 1.23. The van der Waals surface area contributed by atoms with Crippen LogP contribution in [0.2, 0.25) is 0 Å². The molecule has 1 fully saturated rings. The van der Waals surface area contributed by atoms with Gasteiger partial charge in [0.15, 0.2) is 0 Å². The Kier molecular flexibility index (Phi) is 7.74. The van der Waals surface area contributed by atoms with Gasteiger partial charge < -0.3 is 25.5 Å². The van der Waals surface area contributed by atoms with E-state index in [2.05, 4.69) is 49.6 Å². The van der Waals surface area contributed by atoms with Crippen LogP contribution in [-0.4, -0.2) is 59.1 Å². The summed E-state index contributed by atoms with van der Waals surface area (Å²) in [6, 6.07) is 21.4. The Labute approximate surface area is 220 Å². The van der Waals surface area contributed by atoms with Crippen LogP contribution in [0.1, 0.15) is 20.8 Å². The summed E-state index contributed by atoms with van der Waals surface area (Å²) in [5, 5.41) is 15.6. The predicted octanol–water partition coefficient (Wildman–Crippen LogP) is 4.12. The van der Waals surface area contributed by atoms with Gasteiger partial charge in [0.1, 0.15) is 0 Å². The fourth-order valence-electron chi connectivity index (χ4n) is 4.24. The van der Waals surface area contributed by atoms with E-state index in [1.807, 2.05) is 54.6 Å². The van der Waals surface area contributed by atoms with Crippen LogP contribution >= 0.6 is 11.3 Å². The number of aliphatic hydroxyl groups is 1. The first-order valence-electron chi connectivity index (χ1n) is 12.3. The number of carbonyl (C=O) groups is 1. The maximum Gasteiger partial charge on any atom is 0.261 e. The number of nitrogens with one attached hydrogen (secondary N) is 2. The summed E-state index contributed by atoms with van der Waals surface area (Å²) in [5.74, 6) is 0.370. The number of amides is 1. The van der Waals surface area contributed by atoms with Gasteiger partial charge in [-0.05, 0) is 54.6 Å². The van der Waals surface area contributed by atoms with Crippen molar-refractivity contribution in [3.05, 3.63) is 88.9 Å². The lowest BCUT2D eigenvalue weighted by atomic mass is 10.1. The van der Waals surface area contributed by atoms with Crippen LogP contribution in [-0.2, 0) is 13.2 Å². The maximum atomic E-state index is 12.7. The number of hydrogen-bond acceptors (Lipinski definition) is 8. The minimum absolute atomic E-state index is 0.0203. The molecule has 0 unspecified atom stereocenters. The highest BCUT2D eigenvalue weighted by molar-refractivity contribution is 7.17. The van der Waals surface area contributed by atoms with E-state index in [1.54, 1.807) is 6.20 Å². The third-order valence-electron chi connectivity index (χ3n) is 6.34. The van der Waals surface area contributed by atoms with E-state index >= 15 is 0 Å². The molecule has 2 aromatic heterocycles. The van der Waals surface area contributed by atoms with Gasteiger partial charge in [-0.15, -0.1) is 11.3 Å². The largest absolute Gasteiger partial charge is 0.392 e. The fraction of sp³-hybridized carbons (Fsp3) is 0.250. The summed E-state index contributed by atoms with van der Waals surface area (Å²) >= 11 is 1.39. The predicted molar refractivity (Wildman–Crippen MR) is 148 cm³/mol. The van der Waals surface area contributed by atoms with Crippen LogP contribution in [0.3, 0.4) is 0 Å². The zero-order valence-electron chi connectivity index (χ0n) is 20.7. The van der Waals surface area contributed by atoms with Gasteiger partial charge in [0.2, 0.25) is 5.95 Å². The van der Waals surface area contributed by atoms with E-state index in [9.17, 15) is 9.90 Å². The number of thiophene rings is 1. The quantitative estimate of drug-likeness (QED) is 0.326. The normalized spacial score (nSPS) is 13.9. The van der Waals surface area contributed by atoms with E-state index < -0.39 is 0 Å². The molecule has 0 radical (unpaired) electrons. The number of piperazine rings is 1. The third-order valence-corrected chi connectivity index (χ3v) is 7.44. The van der Waals surface area contributed by atoms with Crippen molar-refractivity contribution in [3.63, 3.8) is 0 Å². The molecule has 1 aliphatic heterocycles. The summed E-state index contributed by atoms with van der Waals surface area (Å²) < 4.78 is 0. The Hall–Kier alpha value is -3.79. The van der Waals surface area contributed by atoms with E-state index in [0.717, 1.165) is 53.6 Å². The van der Waals surface area contributed by atoms with Crippen LogP contribution < -0.4 is 15.5 Å². The second kappa shape index (κ2) is 11.5. The molecule has 3 N–H and O–H groups in total. The first-order valence-corrected chi connectivity index (χ1v) is 13.1. The van der Waals surface area contributed by atoms with Gasteiger partial charge in [0.05, 0.1) is 22.1 Å². The van der Waals surface area contributed by atoms with Gasteiger partial charge in [-0.1, -0.05) is 30.3 Å². The van der Waals surface area contributed by atoms with E-state index in [1.165, 1.54) is 17.0 Å². The SMILES string of the molecule is CN1CCN(c2cccc(Nc3nccc(-c4ccc(C(=O)NCc5cccc(CO)c5)s4)n3)c2)CC1. The molecule has 1 amide bonds. The lowest BCUT2D eigenvalue weighted by Gasteiger charge is -2.34. The van der Waals surface area contributed by atoms with Gasteiger partial charge in [0, 0.05) is 50.3 Å². The van der Waals surface area contributed by atoms with Crippen molar-refractivity contribution in [2.24, 2.45) is 0 Å². The zero-order chi connectivity index (χ0) is 25.6. The number of carbonyl (C=O) groups excluding carboxylic acids is 1. The van der Waals surface area contributed by atoms with Gasteiger partial charge in [-0.3, -0.25) is 4.79 Å². The van der Waals surface area contributed by atoms with Crippen LogP contribution in [0.25, 0.3) is 10.6 Å². The molecule has 9 heteroatoms. The molecule has 8 nitrogen and oxygen atoms in total. The van der Waals surface area contributed by atoms with E-state index in [0.29, 0.717) is 17.4 Å². The lowest BCUT2D eigenvalue weighted by Crippen LogP contribution is -2.44. The minimum atomic E-state index is -0.140. The molecule has 3 heterocycles. The van der Waals surface area contributed by atoms with Crippen molar-refractivity contribution in [1.29, 1.82) is 0 Å². The number of nitrogens with zero attached hydrogens (tertiary/aromatic N) is 4. The molecular formula is C28H30N6O2S. The molecule has 0 atom stereocenters. The van der Waals surface area contributed by atoms with E-state index in [4.69, 9.17) is 0 Å². The highest BCUT2D eigenvalue weighted by Crippen LogP contribution is 2.28. The highest BCUT2D eigenvalue weighted by atomic mass is 32.1. The van der Waals surface area contributed by atoms with Crippen molar-refractivity contribution in [2.45, 2.75) is 13.2 Å². The number of aromatic nitrogens is 2. The minimum Gasteiger partial charge on any atom is -0.392 e.